The van der Waals surface area contributed by atoms with Crippen LogP contribution in [0.15, 0.2) is 36.9 Å². The zero-order valence-electron chi connectivity index (χ0n) is 12.7. The summed E-state index contributed by atoms with van der Waals surface area (Å²) in [4.78, 5) is 2.28. The molecule has 1 atom stereocenters. The van der Waals surface area contributed by atoms with Crippen LogP contribution in [0.3, 0.4) is 0 Å². The quantitative estimate of drug-likeness (QED) is 0.611. The molecule has 1 heterocycles. The van der Waals surface area contributed by atoms with Crippen molar-refractivity contribution in [1.29, 1.82) is 0 Å². The first-order valence-electron chi connectivity index (χ1n) is 7.44. The van der Waals surface area contributed by atoms with E-state index < -0.39 is 12.5 Å². The summed E-state index contributed by atoms with van der Waals surface area (Å²) in [6, 6.07) is 5.94. The molecule has 0 spiro atoms. The van der Waals surface area contributed by atoms with Gasteiger partial charge in [0.05, 0.1) is 0 Å². The van der Waals surface area contributed by atoms with Crippen LogP contribution in [-0.2, 0) is 0 Å². The Morgan fingerprint density at radius 2 is 1.83 bits per heavy atom. The summed E-state index contributed by atoms with van der Waals surface area (Å²) in [5, 5.41) is 3.27. The summed E-state index contributed by atoms with van der Waals surface area (Å²) in [7, 11) is 0. The molecule has 128 valence electrons. The molecule has 0 aliphatic carbocycles. The van der Waals surface area contributed by atoms with Gasteiger partial charge in [0.2, 0.25) is 0 Å². The number of benzene rings is 1. The summed E-state index contributed by atoms with van der Waals surface area (Å²) in [5.74, 6) is -0.281. The van der Waals surface area contributed by atoms with Crippen LogP contribution in [0.4, 0.5) is 17.6 Å². The first-order chi connectivity index (χ1) is 10.9. The van der Waals surface area contributed by atoms with Crippen LogP contribution < -0.4 is 10.1 Å². The predicted octanol–water partition coefficient (Wildman–Crippen LogP) is 3.45. The minimum atomic E-state index is -4.49. The molecule has 0 unspecified atom stereocenters. The topological polar surface area (TPSA) is 24.5 Å². The molecule has 0 amide bonds. The van der Waals surface area contributed by atoms with E-state index in [-0.39, 0.29) is 11.8 Å². The Kier molecular flexibility index (Phi) is 6.01. The molecule has 1 aliphatic heterocycles. The Bertz CT molecular complexity index is 501. The van der Waals surface area contributed by atoms with Gasteiger partial charge in [0.25, 0.3) is 0 Å². The van der Waals surface area contributed by atoms with Crippen LogP contribution in [0.2, 0.25) is 0 Å². The van der Waals surface area contributed by atoms with E-state index in [0.29, 0.717) is 6.42 Å². The number of nitrogens with one attached hydrogen (secondary N) is 1. The fourth-order valence-corrected chi connectivity index (χ4v) is 2.61. The lowest BCUT2D eigenvalue weighted by Gasteiger charge is -2.34. The zero-order valence-corrected chi connectivity index (χ0v) is 12.7. The standard InChI is InChI=1S/C16H20F4N2O/c1-2-3-14(22-10-8-21-9-11-22)12-4-6-13(7-5-12)23-16(19,20)15(17)18/h2,4-7,14-15,21H,1,3,8-11H2/t14-/m0/s1. The molecule has 1 aromatic rings. The van der Waals surface area contributed by atoms with Gasteiger partial charge in [-0.15, -0.1) is 6.58 Å². The van der Waals surface area contributed by atoms with Gasteiger partial charge in [0.1, 0.15) is 5.75 Å². The van der Waals surface area contributed by atoms with Gasteiger partial charge in [-0.1, -0.05) is 18.2 Å². The maximum Gasteiger partial charge on any atom is 0.461 e. The Morgan fingerprint density at radius 3 is 2.35 bits per heavy atom. The van der Waals surface area contributed by atoms with Gasteiger partial charge in [-0.3, -0.25) is 4.90 Å². The fourth-order valence-electron chi connectivity index (χ4n) is 2.61. The van der Waals surface area contributed by atoms with Crippen LogP contribution >= 0.6 is 0 Å². The summed E-state index contributed by atoms with van der Waals surface area (Å²) in [5.41, 5.74) is 0.916. The first kappa shape index (κ1) is 17.7. The van der Waals surface area contributed by atoms with Gasteiger partial charge in [-0.05, 0) is 24.1 Å². The SMILES string of the molecule is C=CC[C@@H](c1ccc(OC(F)(F)C(F)F)cc1)N1CCNCC1. The molecule has 0 radical (unpaired) electrons. The lowest BCUT2D eigenvalue weighted by molar-refractivity contribution is -0.253. The third-order valence-electron chi connectivity index (χ3n) is 3.76. The molecule has 0 aromatic heterocycles. The summed E-state index contributed by atoms with van der Waals surface area (Å²) in [6.07, 6.45) is -5.83. The van der Waals surface area contributed by atoms with Crippen molar-refractivity contribution < 1.29 is 22.3 Å². The van der Waals surface area contributed by atoms with E-state index in [2.05, 4.69) is 21.5 Å². The minimum absolute atomic E-state index is 0.0826. The second-order valence-corrected chi connectivity index (χ2v) is 5.36. The van der Waals surface area contributed by atoms with Crippen molar-refractivity contribution >= 4 is 0 Å². The summed E-state index contributed by atoms with van der Waals surface area (Å²) < 4.78 is 54.2. The Morgan fingerprint density at radius 1 is 1.22 bits per heavy atom. The molecule has 1 saturated heterocycles. The molecule has 0 bridgehead atoms. The molecule has 1 aromatic carbocycles. The van der Waals surface area contributed by atoms with Crippen molar-refractivity contribution in [3.63, 3.8) is 0 Å². The number of rotatable bonds is 7. The smallest absolute Gasteiger partial charge is 0.428 e. The van der Waals surface area contributed by atoms with Gasteiger partial charge in [0, 0.05) is 32.2 Å². The Balaban J connectivity index is 2.10. The highest BCUT2D eigenvalue weighted by atomic mass is 19.3. The van der Waals surface area contributed by atoms with E-state index in [9.17, 15) is 17.6 Å². The lowest BCUT2D eigenvalue weighted by atomic mass is 10.0. The zero-order chi connectivity index (χ0) is 16.9. The van der Waals surface area contributed by atoms with E-state index in [1.807, 2.05) is 6.08 Å². The summed E-state index contributed by atoms with van der Waals surface area (Å²) >= 11 is 0. The first-order valence-corrected chi connectivity index (χ1v) is 7.44. The number of alkyl halides is 4. The number of ether oxygens (including phenoxy) is 1. The lowest BCUT2D eigenvalue weighted by Crippen LogP contribution is -2.45. The van der Waals surface area contributed by atoms with Crippen LogP contribution in [0.25, 0.3) is 0 Å². The minimum Gasteiger partial charge on any atom is -0.428 e. The van der Waals surface area contributed by atoms with Crippen LogP contribution in [0.5, 0.6) is 5.75 Å². The highest BCUT2D eigenvalue weighted by Gasteiger charge is 2.43. The average molecular weight is 332 g/mol. The van der Waals surface area contributed by atoms with Crippen molar-refractivity contribution in [3.05, 3.63) is 42.5 Å². The number of nitrogens with zero attached hydrogens (tertiary/aromatic N) is 1. The van der Waals surface area contributed by atoms with Crippen LogP contribution in [0, 0.1) is 0 Å². The number of hydrogen-bond acceptors (Lipinski definition) is 3. The molecule has 7 heteroatoms. The van der Waals surface area contributed by atoms with Gasteiger partial charge >= 0.3 is 12.5 Å². The molecule has 0 saturated carbocycles. The van der Waals surface area contributed by atoms with E-state index in [0.717, 1.165) is 31.7 Å². The second kappa shape index (κ2) is 7.79. The maximum absolute atomic E-state index is 12.9. The molecule has 3 nitrogen and oxygen atoms in total. The van der Waals surface area contributed by atoms with E-state index >= 15 is 0 Å². The summed E-state index contributed by atoms with van der Waals surface area (Å²) in [6.45, 7) is 7.28. The van der Waals surface area contributed by atoms with E-state index in [1.165, 1.54) is 12.1 Å². The van der Waals surface area contributed by atoms with Crippen molar-refractivity contribution in [3.8, 4) is 5.75 Å². The predicted molar refractivity (Wildman–Crippen MR) is 80.0 cm³/mol. The molecule has 23 heavy (non-hydrogen) atoms. The van der Waals surface area contributed by atoms with E-state index in [4.69, 9.17) is 0 Å². The van der Waals surface area contributed by atoms with Crippen molar-refractivity contribution in [2.45, 2.75) is 25.0 Å². The van der Waals surface area contributed by atoms with Gasteiger partial charge in [-0.2, -0.15) is 17.6 Å². The van der Waals surface area contributed by atoms with Crippen molar-refractivity contribution in [2.75, 3.05) is 26.2 Å². The van der Waals surface area contributed by atoms with Gasteiger partial charge in [0.15, 0.2) is 0 Å². The fraction of sp³-hybridized carbons (Fsp3) is 0.500. The maximum atomic E-state index is 12.9. The van der Waals surface area contributed by atoms with Crippen molar-refractivity contribution in [1.82, 2.24) is 10.2 Å². The average Bonchev–Trinajstić information content (AvgIpc) is 2.54. The monoisotopic (exact) mass is 332 g/mol. The molecular weight excluding hydrogens is 312 g/mol. The van der Waals surface area contributed by atoms with Gasteiger partial charge < -0.3 is 10.1 Å². The highest BCUT2D eigenvalue weighted by Crippen LogP contribution is 2.30. The molecule has 1 aliphatic rings. The normalized spacial score (nSPS) is 18.0. The number of halogens is 4. The number of piperazine rings is 1. The van der Waals surface area contributed by atoms with E-state index in [1.54, 1.807) is 12.1 Å². The third-order valence-corrected chi connectivity index (χ3v) is 3.76. The molecule has 2 rings (SSSR count). The van der Waals surface area contributed by atoms with Crippen molar-refractivity contribution in [2.24, 2.45) is 0 Å². The Labute approximate surface area is 132 Å². The highest BCUT2D eigenvalue weighted by molar-refractivity contribution is 5.30. The number of hydrogen-bond donors (Lipinski definition) is 1. The van der Waals surface area contributed by atoms with Gasteiger partial charge in [-0.25, -0.2) is 0 Å². The Hall–Kier alpha value is -1.60. The largest absolute Gasteiger partial charge is 0.461 e. The van der Waals surface area contributed by atoms with Crippen LogP contribution in [-0.4, -0.2) is 43.6 Å². The molecule has 1 N–H and O–H groups in total. The third kappa shape index (κ3) is 4.68. The molecule has 1 fully saturated rings. The molecular formula is C16H20F4N2O. The van der Waals surface area contributed by atoms with Crippen LogP contribution in [0.1, 0.15) is 18.0 Å². The second-order valence-electron chi connectivity index (χ2n) is 5.36.